The van der Waals surface area contributed by atoms with Crippen molar-refractivity contribution in [2.24, 2.45) is 11.8 Å². The van der Waals surface area contributed by atoms with E-state index in [2.05, 4.69) is 5.32 Å². The predicted molar refractivity (Wildman–Crippen MR) is 69.2 cm³/mol. The minimum absolute atomic E-state index is 0.146. The lowest BCUT2D eigenvalue weighted by Crippen LogP contribution is -2.31. The molecular weight excluding hydrogens is 289 g/mol. The van der Waals surface area contributed by atoms with E-state index in [9.17, 15) is 22.0 Å². The first-order valence-corrected chi connectivity index (χ1v) is 7.07. The van der Waals surface area contributed by atoms with Crippen LogP contribution in [0.3, 0.4) is 0 Å². The summed E-state index contributed by atoms with van der Waals surface area (Å²) in [5.74, 6) is -9.11. The Kier molecular flexibility index (Phi) is 4.86. The fourth-order valence-electron chi connectivity index (χ4n) is 3.29. The molecule has 1 aliphatic rings. The molecule has 6 heteroatoms. The predicted octanol–water partition coefficient (Wildman–Crippen LogP) is 4.47. The van der Waals surface area contributed by atoms with Crippen LogP contribution in [0.5, 0.6) is 0 Å². The first kappa shape index (κ1) is 16.2. The number of rotatable bonds is 3. The standard InChI is InChI=1S/C15H18F5N/c1-7-4-3-5-8(6-7)15(21-2)9-10(16)12(18)14(20)13(19)11(9)17/h7-8,15,21H,3-6H2,1-2H3. The lowest BCUT2D eigenvalue weighted by molar-refractivity contribution is 0.219. The quantitative estimate of drug-likeness (QED) is 0.493. The Labute approximate surface area is 120 Å². The Hall–Kier alpha value is -1.17. The van der Waals surface area contributed by atoms with Crippen molar-refractivity contribution in [2.75, 3.05) is 7.05 Å². The molecule has 0 amide bonds. The van der Waals surface area contributed by atoms with E-state index in [1.165, 1.54) is 7.05 Å². The second kappa shape index (κ2) is 6.30. The van der Waals surface area contributed by atoms with Gasteiger partial charge in [-0.05, 0) is 31.7 Å². The molecule has 118 valence electrons. The maximum atomic E-state index is 13.9. The zero-order valence-electron chi connectivity index (χ0n) is 12.0. The molecule has 2 rings (SSSR count). The van der Waals surface area contributed by atoms with Crippen LogP contribution in [0.2, 0.25) is 0 Å². The normalized spacial score (nSPS) is 24.1. The first-order chi connectivity index (χ1) is 9.88. The number of hydrogen-bond acceptors (Lipinski definition) is 1. The number of hydrogen-bond donors (Lipinski definition) is 1. The van der Waals surface area contributed by atoms with Crippen LogP contribution >= 0.6 is 0 Å². The summed E-state index contributed by atoms with van der Waals surface area (Å²) in [4.78, 5) is 0. The van der Waals surface area contributed by atoms with Crippen molar-refractivity contribution in [3.05, 3.63) is 34.6 Å². The van der Waals surface area contributed by atoms with Crippen molar-refractivity contribution in [3.63, 3.8) is 0 Å². The van der Waals surface area contributed by atoms with Gasteiger partial charge in [0.1, 0.15) is 0 Å². The van der Waals surface area contributed by atoms with Crippen molar-refractivity contribution >= 4 is 0 Å². The molecule has 1 nitrogen and oxygen atoms in total. The van der Waals surface area contributed by atoms with E-state index in [1.807, 2.05) is 6.92 Å². The second-order valence-electron chi connectivity index (χ2n) is 5.78. The van der Waals surface area contributed by atoms with Gasteiger partial charge in [-0.1, -0.05) is 19.8 Å². The average molecular weight is 307 g/mol. The highest BCUT2D eigenvalue weighted by Gasteiger charge is 2.35. The molecule has 0 heterocycles. The molecule has 0 aromatic heterocycles. The van der Waals surface area contributed by atoms with Gasteiger partial charge in [-0.3, -0.25) is 0 Å². The Morgan fingerprint density at radius 1 is 0.905 bits per heavy atom. The summed E-state index contributed by atoms with van der Waals surface area (Å²) in [7, 11) is 1.47. The fourth-order valence-corrected chi connectivity index (χ4v) is 3.29. The van der Waals surface area contributed by atoms with Gasteiger partial charge < -0.3 is 5.32 Å². The van der Waals surface area contributed by atoms with E-state index in [4.69, 9.17) is 0 Å². The minimum Gasteiger partial charge on any atom is -0.313 e. The Morgan fingerprint density at radius 3 is 1.90 bits per heavy atom. The third kappa shape index (κ3) is 2.91. The molecule has 1 saturated carbocycles. The van der Waals surface area contributed by atoms with Gasteiger partial charge in [-0.15, -0.1) is 0 Å². The van der Waals surface area contributed by atoms with E-state index in [-0.39, 0.29) is 5.92 Å². The number of benzene rings is 1. The molecule has 0 spiro atoms. The van der Waals surface area contributed by atoms with Gasteiger partial charge >= 0.3 is 0 Å². The van der Waals surface area contributed by atoms with Crippen molar-refractivity contribution in [1.82, 2.24) is 5.32 Å². The van der Waals surface area contributed by atoms with Crippen LogP contribution < -0.4 is 5.32 Å². The fraction of sp³-hybridized carbons (Fsp3) is 0.600. The maximum Gasteiger partial charge on any atom is 0.200 e. The molecule has 0 bridgehead atoms. The molecule has 1 aromatic carbocycles. The van der Waals surface area contributed by atoms with Gasteiger partial charge in [0.15, 0.2) is 23.3 Å². The van der Waals surface area contributed by atoms with Gasteiger partial charge in [0.05, 0.1) is 0 Å². The molecule has 1 aromatic rings. The molecule has 0 saturated heterocycles. The van der Waals surface area contributed by atoms with Gasteiger partial charge in [0.25, 0.3) is 0 Å². The van der Waals surface area contributed by atoms with Gasteiger partial charge in [0, 0.05) is 11.6 Å². The van der Waals surface area contributed by atoms with E-state index >= 15 is 0 Å². The van der Waals surface area contributed by atoms with E-state index in [0.717, 1.165) is 12.8 Å². The summed E-state index contributed by atoms with van der Waals surface area (Å²) in [5.41, 5.74) is -0.743. The number of halogens is 5. The van der Waals surface area contributed by atoms with Crippen LogP contribution in [0.15, 0.2) is 0 Å². The maximum absolute atomic E-state index is 13.9. The molecule has 1 fully saturated rings. The summed E-state index contributed by atoms with van der Waals surface area (Å²) in [5, 5.41) is 2.73. The third-order valence-electron chi connectivity index (χ3n) is 4.31. The molecule has 3 atom stereocenters. The molecular formula is C15H18F5N. The van der Waals surface area contributed by atoms with Crippen LogP contribution in [0.25, 0.3) is 0 Å². The van der Waals surface area contributed by atoms with Crippen LogP contribution in [-0.2, 0) is 0 Å². The average Bonchev–Trinajstić information content (AvgIpc) is 2.47. The van der Waals surface area contributed by atoms with E-state index in [1.54, 1.807) is 0 Å². The SMILES string of the molecule is CNC(c1c(F)c(F)c(F)c(F)c1F)C1CCCC(C)C1. The summed E-state index contributed by atoms with van der Waals surface area (Å²) in [6.45, 7) is 2.03. The smallest absolute Gasteiger partial charge is 0.200 e. The molecule has 3 unspecified atom stereocenters. The van der Waals surface area contributed by atoms with Crippen LogP contribution in [-0.4, -0.2) is 7.05 Å². The van der Waals surface area contributed by atoms with E-state index in [0.29, 0.717) is 18.8 Å². The van der Waals surface area contributed by atoms with Crippen LogP contribution in [0.4, 0.5) is 22.0 Å². The zero-order chi connectivity index (χ0) is 15.7. The molecule has 21 heavy (non-hydrogen) atoms. The lowest BCUT2D eigenvalue weighted by Gasteiger charge is -2.33. The van der Waals surface area contributed by atoms with Crippen molar-refractivity contribution < 1.29 is 22.0 Å². The van der Waals surface area contributed by atoms with Gasteiger partial charge in [0.2, 0.25) is 5.82 Å². The third-order valence-corrected chi connectivity index (χ3v) is 4.31. The second-order valence-corrected chi connectivity index (χ2v) is 5.78. The number of nitrogens with one attached hydrogen (secondary N) is 1. The summed E-state index contributed by atoms with van der Waals surface area (Å²) >= 11 is 0. The highest BCUT2D eigenvalue weighted by Crippen LogP contribution is 2.39. The summed E-state index contributed by atoms with van der Waals surface area (Å²) in [6.07, 6.45) is 3.31. The Bertz CT molecular complexity index is 502. The minimum atomic E-state index is -2.11. The largest absolute Gasteiger partial charge is 0.313 e. The van der Waals surface area contributed by atoms with Crippen LogP contribution in [0.1, 0.15) is 44.2 Å². The van der Waals surface area contributed by atoms with Crippen molar-refractivity contribution in [1.29, 1.82) is 0 Å². The molecule has 0 aliphatic heterocycles. The van der Waals surface area contributed by atoms with Gasteiger partial charge in [-0.25, -0.2) is 22.0 Å². The van der Waals surface area contributed by atoms with E-state index < -0.39 is 40.7 Å². The molecule has 1 aliphatic carbocycles. The highest BCUT2D eigenvalue weighted by molar-refractivity contribution is 5.27. The monoisotopic (exact) mass is 307 g/mol. The summed E-state index contributed by atoms with van der Waals surface area (Å²) in [6, 6.07) is -0.877. The van der Waals surface area contributed by atoms with Gasteiger partial charge in [-0.2, -0.15) is 0 Å². The highest BCUT2D eigenvalue weighted by atomic mass is 19.2. The van der Waals surface area contributed by atoms with Crippen molar-refractivity contribution in [3.8, 4) is 0 Å². The summed E-state index contributed by atoms with van der Waals surface area (Å²) < 4.78 is 67.7. The Morgan fingerprint density at radius 2 is 1.43 bits per heavy atom. The molecule has 0 radical (unpaired) electrons. The first-order valence-electron chi connectivity index (χ1n) is 7.07. The van der Waals surface area contributed by atoms with Crippen molar-refractivity contribution in [2.45, 2.75) is 38.6 Å². The van der Waals surface area contributed by atoms with Crippen LogP contribution in [0, 0.1) is 40.9 Å². The Balaban J connectivity index is 2.47. The molecule has 1 N–H and O–H groups in total. The lowest BCUT2D eigenvalue weighted by atomic mass is 9.76. The topological polar surface area (TPSA) is 12.0 Å². The zero-order valence-corrected chi connectivity index (χ0v) is 12.0.